The Bertz CT molecular complexity index is 4020. The molecule has 27 heteroatoms. The maximum atomic E-state index is 14.4. The van der Waals surface area contributed by atoms with Crippen LogP contribution in [0.25, 0.3) is 5.57 Å². The average molecular weight is 1440 g/mol. The number of rotatable bonds is 28. The summed E-state index contributed by atoms with van der Waals surface area (Å²) in [5.74, 6) is -2.62. The molecule has 5 aromatic rings. The van der Waals surface area contributed by atoms with Gasteiger partial charge in [0.15, 0.2) is 0 Å². The van der Waals surface area contributed by atoms with Gasteiger partial charge in [0, 0.05) is 123 Å². The molecule has 1 spiro atoms. The zero-order valence-electron chi connectivity index (χ0n) is 55.3. The van der Waals surface area contributed by atoms with Crippen LogP contribution in [0.4, 0.5) is 30.2 Å². The number of alkyl halides is 3. The Hall–Kier alpha value is -7.33. The molecule has 11 rings (SSSR count). The number of carbonyl (C=O) groups excluding carboxylic acids is 6. The minimum Gasteiger partial charge on any atom is -0.384 e. The van der Waals surface area contributed by atoms with Crippen LogP contribution >= 0.6 is 23.4 Å². The summed E-state index contributed by atoms with van der Waals surface area (Å²) in [5.41, 5.74) is -0.385. The number of imide groups is 2. The largest absolute Gasteiger partial charge is 0.501 e. The molecular formula is C72H85ClF3N9O11S3. The van der Waals surface area contributed by atoms with Crippen LogP contribution in [0.1, 0.15) is 139 Å². The van der Waals surface area contributed by atoms with E-state index in [0.717, 1.165) is 143 Å². The Balaban J connectivity index is 0.629. The number of likely N-dealkylation sites (tertiary alicyclic amines) is 1. The Morgan fingerprint density at radius 3 is 2.12 bits per heavy atom. The quantitative estimate of drug-likeness (QED) is 0.0207. The van der Waals surface area contributed by atoms with Crippen LogP contribution in [0.2, 0.25) is 5.02 Å². The van der Waals surface area contributed by atoms with Crippen LogP contribution < -0.4 is 25.6 Å². The number of sulfonamides is 1. The minimum atomic E-state index is -6.10. The highest BCUT2D eigenvalue weighted by atomic mass is 35.5. The van der Waals surface area contributed by atoms with Gasteiger partial charge in [0.25, 0.3) is 37.6 Å². The average Bonchev–Trinajstić information content (AvgIpc) is 1.59. The number of unbranched alkanes of at least 4 members (excludes halogenated alkanes) is 6. The lowest BCUT2D eigenvalue weighted by Gasteiger charge is -2.46. The third-order valence-electron chi connectivity index (χ3n) is 20.0. The second kappa shape index (κ2) is 32.5. The summed E-state index contributed by atoms with van der Waals surface area (Å²) in [4.78, 5) is 86.7. The number of thioether (sulfide) groups is 1. The van der Waals surface area contributed by atoms with Crippen molar-refractivity contribution in [2.75, 3.05) is 106 Å². The summed E-state index contributed by atoms with van der Waals surface area (Å²) in [7, 11) is -11.0. The van der Waals surface area contributed by atoms with Crippen molar-refractivity contribution in [2.24, 2.45) is 5.41 Å². The van der Waals surface area contributed by atoms with E-state index in [1.165, 1.54) is 35.0 Å². The minimum absolute atomic E-state index is 0.0342. The van der Waals surface area contributed by atoms with Crippen LogP contribution in [0.15, 0.2) is 136 Å². The molecule has 5 heterocycles. The van der Waals surface area contributed by atoms with Crippen LogP contribution in [0.5, 0.6) is 0 Å². The first-order valence-corrected chi connectivity index (χ1v) is 38.6. The number of nitrogens with one attached hydrogen (secondary N) is 4. The number of hydrogen-bond acceptors (Lipinski definition) is 17. The van der Waals surface area contributed by atoms with E-state index in [4.69, 9.17) is 16.3 Å². The molecule has 20 nitrogen and oxygen atoms in total. The van der Waals surface area contributed by atoms with E-state index in [9.17, 15) is 58.8 Å². The predicted molar refractivity (Wildman–Crippen MR) is 375 cm³/mol. The van der Waals surface area contributed by atoms with Gasteiger partial charge in [0.1, 0.15) is 10.9 Å². The Morgan fingerprint density at radius 2 is 1.42 bits per heavy atom. The van der Waals surface area contributed by atoms with E-state index in [2.05, 4.69) is 47.7 Å². The first kappa shape index (κ1) is 72.9. The van der Waals surface area contributed by atoms with E-state index < -0.39 is 82.5 Å². The molecule has 0 saturated carbocycles. The molecule has 2 atom stereocenters. The van der Waals surface area contributed by atoms with Crippen LogP contribution in [-0.2, 0) is 39.0 Å². The van der Waals surface area contributed by atoms with Crippen LogP contribution in [-0.4, -0.2) is 180 Å². The SMILES string of the molecule is O=C1CCC(N2C(=O)c3cccc(NCCCCCCCCCC(=O)N4CCC5(CCC(c6ccc(Cl)cc6)=C(CN6CCN(c7ccc(C(=O)NS(=O)(=O)c8ccc(N[C@H](CCN9CCOCC9)CSc9ccccc9)c(S(=O)(=O)C(F)(F)F)c8)cc7)CC6)C5)CC4)c3C2=O)C(=O)N1. The number of morpholine rings is 1. The van der Waals surface area contributed by atoms with Gasteiger partial charge in [-0.3, -0.25) is 48.8 Å². The monoisotopic (exact) mass is 1440 g/mol. The number of allylic oxidation sites excluding steroid dienone is 1. The van der Waals surface area contributed by atoms with Gasteiger partial charge in [-0.2, -0.15) is 13.2 Å². The molecular weight excluding hydrogens is 1360 g/mol. The number of anilines is 3. The Morgan fingerprint density at radius 1 is 0.727 bits per heavy atom. The second-order valence-electron chi connectivity index (χ2n) is 26.5. The molecule has 99 heavy (non-hydrogen) atoms. The van der Waals surface area contributed by atoms with Gasteiger partial charge in [-0.15, -0.1) is 11.8 Å². The Kier molecular flexibility index (Phi) is 24.0. The van der Waals surface area contributed by atoms with Crippen molar-refractivity contribution >= 4 is 101 Å². The lowest BCUT2D eigenvalue weighted by atomic mass is 9.65. The highest BCUT2D eigenvalue weighted by molar-refractivity contribution is 7.99. The number of sulfone groups is 1. The summed E-state index contributed by atoms with van der Waals surface area (Å²) >= 11 is 7.81. The van der Waals surface area contributed by atoms with Crippen molar-refractivity contribution in [3.05, 3.63) is 148 Å². The number of benzene rings is 5. The van der Waals surface area contributed by atoms with E-state index in [1.54, 1.807) is 30.3 Å². The maximum Gasteiger partial charge on any atom is 0.501 e. The molecule has 1 unspecified atom stereocenters. The number of halogens is 4. The van der Waals surface area contributed by atoms with Crippen LogP contribution in [0, 0.1) is 5.41 Å². The summed E-state index contributed by atoms with van der Waals surface area (Å²) < 4.78 is 104. The number of piperidine rings is 2. The summed E-state index contributed by atoms with van der Waals surface area (Å²) in [6.45, 7) is 8.61. The molecule has 4 N–H and O–H groups in total. The standard InChI is InChI=1S/C72H85ClF3N9O11S3/c73-53-21-17-50(18-22-53)58-29-31-71(32-36-84(37-33-71)65(87)16-9-4-2-1-3-5-10-34-77-61-15-11-14-59-66(61)70(91)85(69(59)90)62-27-28-64(86)79-68(62)89)47-52(58)48-82-38-40-83(41-39-82)55-23-19-51(20-24-55)67(88)80-99(94,95)57-25-26-60(63(46-57)98(92,93)72(74,75)76)78-54(30-35-81-42-44-96-45-43-81)49-97-56-12-7-6-8-13-56/h6-8,11-15,17-26,46,54,62,77-78H,1-5,9-10,16,27-45,47-49H2,(H,80,88)(H,79,86,89)/t54-,62?/m1/s1. The van der Waals surface area contributed by atoms with Crippen molar-refractivity contribution in [3.63, 3.8) is 0 Å². The van der Waals surface area contributed by atoms with Gasteiger partial charge in [-0.25, -0.2) is 21.6 Å². The summed E-state index contributed by atoms with van der Waals surface area (Å²) in [6, 6.07) is 29.7. The fraction of sp³-hybridized carbons (Fsp3) is 0.472. The molecule has 0 bridgehead atoms. The lowest BCUT2D eigenvalue weighted by Crippen LogP contribution is -2.54. The smallest absolute Gasteiger partial charge is 0.384 e. The first-order chi connectivity index (χ1) is 47.5. The fourth-order valence-corrected chi connectivity index (χ4v) is 17.4. The number of piperazine rings is 1. The van der Waals surface area contributed by atoms with E-state index in [1.807, 2.05) is 47.2 Å². The number of nitrogens with zero attached hydrogens (tertiary/aromatic N) is 5. The van der Waals surface area contributed by atoms with Gasteiger partial charge < -0.3 is 25.2 Å². The van der Waals surface area contributed by atoms with E-state index >= 15 is 0 Å². The number of hydrogen-bond donors (Lipinski definition) is 4. The topological polar surface area (TPSA) is 244 Å². The zero-order valence-corrected chi connectivity index (χ0v) is 58.5. The molecule has 4 fully saturated rings. The maximum absolute atomic E-state index is 14.4. The molecule has 6 aliphatic rings. The molecule has 4 saturated heterocycles. The van der Waals surface area contributed by atoms with E-state index in [0.29, 0.717) is 87.9 Å². The van der Waals surface area contributed by atoms with Gasteiger partial charge in [0.05, 0.1) is 34.9 Å². The number of ether oxygens (including phenoxy) is 1. The molecule has 6 amide bonds. The van der Waals surface area contributed by atoms with Gasteiger partial charge in [-0.05, 0) is 153 Å². The third-order valence-corrected chi connectivity index (χ3v) is 24.2. The summed E-state index contributed by atoms with van der Waals surface area (Å²) in [5, 5.41) is 9.23. The van der Waals surface area contributed by atoms with Crippen molar-refractivity contribution in [2.45, 2.75) is 135 Å². The molecule has 530 valence electrons. The zero-order chi connectivity index (χ0) is 69.9. The molecule has 5 aliphatic heterocycles. The normalized spacial score (nSPS) is 19.1. The third kappa shape index (κ3) is 18.1. The van der Waals surface area contributed by atoms with Crippen molar-refractivity contribution in [1.82, 2.24) is 29.6 Å². The van der Waals surface area contributed by atoms with Gasteiger partial charge in [-0.1, -0.05) is 85.7 Å². The Labute approximate surface area is 586 Å². The number of fused-ring (bicyclic) bond motifs is 1. The lowest BCUT2D eigenvalue weighted by molar-refractivity contribution is -0.136. The predicted octanol–water partition coefficient (Wildman–Crippen LogP) is 11.0. The van der Waals surface area contributed by atoms with Crippen molar-refractivity contribution < 1.29 is 63.5 Å². The number of amides is 6. The molecule has 1 aliphatic carbocycles. The second-order valence-corrected chi connectivity index (χ2v) is 31.7. The van der Waals surface area contributed by atoms with Crippen molar-refractivity contribution in [1.29, 1.82) is 0 Å². The highest BCUT2D eigenvalue weighted by Crippen LogP contribution is 2.50. The van der Waals surface area contributed by atoms with Gasteiger partial charge in [0.2, 0.25) is 17.7 Å². The number of carbonyl (C=O) groups is 6. The molecule has 0 radical (unpaired) electrons. The van der Waals surface area contributed by atoms with E-state index in [-0.39, 0.29) is 40.9 Å². The van der Waals surface area contributed by atoms with Crippen LogP contribution in [0.3, 0.4) is 0 Å². The van der Waals surface area contributed by atoms with Gasteiger partial charge >= 0.3 is 5.51 Å². The highest BCUT2D eigenvalue weighted by Gasteiger charge is 2.49. The summed E-state index contributed by atoms with van der Waals surface area (Å²) in [6.07, 6.45) is 12.6. The first-order valence-electron chi connectivity index (χ1n) is 34.2. The van der Waals surface area contributed by atoms with Crippen molar-refractivity contribution in [3.8, 4) is 0 Å². The molecule has 0 aromatic heterocycles. The fourth-order valence-electron chi connectivity index (χ4n) is 14.3. The molecule has 5 aromatic carbocycles.